The predicted octanol–water partition coefficient (Wildman–Crippen LogP) is 3.05. The van der Waals surface area contributed by atoms with E-state index >= 15 is 0 Å². The van der Waals surface area contributed by atoms with Crippen molar-refractivity contribution in [2.75, 3.05) is 30.9 Å². The van der Waals surface area contributed by atoms with Gasteiger partial charge < -0.3 is 14.2 Å². The minimum absolute atomic E-state index is 0.0886. The van der Waals surface area contributed by atoms with Gasteiger partial charge in [-0.1, -0.05) is 23.5 Å². The van der Waals surface area contributed by atoms with Crippen LogP contribution in [0.4, 0.5) is 5.13 Å². The first-order chi connectivity index (χ1) is 15.4. The number of benzene rings is 2. The summed E-state index contributed by atoms with van der Waals surface area (Å²) in [7, 11) is -3.34. The Labute approximate surface area is 189 Å². The van der Waals surface area contributed by atoms with Crippen LogP contribution in [0.25, 0.3) is 10.2 Å². The Morgan fingerprint density at radius 3 is 2.78 bits per heavy atom. The summed E-state index contributed by atoms with van der Waals surface area (Å²) in [5, 5.41) is 0.480. The number of rotatable bonds is 5. The smallest absolute Gasteiger partial charge is 0.273 e. The van der Waals surface area contributed by atoms with Gasteiger partial charge in [-0.15, -0.1) is 0 Å². The number of carbonyl (C=O) groups excluding carboxylic acids is 1. The molecule has 2 atom stereocenters. The lowest BCUT2D eigenvalue weighted by molar-refractivity contribution is -0.128. The van der Waals surface area contributed by atoms with Gasteiger partial charge in [-0.3, -0.25) is 9.69 Å². The molecule has 0 radical (unpaired) electrons. The Balaban J connectivity index is 1.47. The maximum atomic E-state index is 13.5. The lowest BCUT2D eigenvalue weighted by Gasteiger charge is -2.30. The van der Waals surface area contributed by atoms with Crippen LogP contribution in [0.3, 0.4) is 0 Å². The molecule has 1 amide bonds. The Hall–Kier alpha value is -2.69. The quantitative estimate of drug-likeness (QED) is 0.561. The van der Waals surface area contributed by atoms with Gasteiger partial charge in [0.1, 0.15) is 6.61 Å². The number of para-hydroxylation sites is 2. The first-order valence-corrected chi connectivity index (χ1v) is 13.0. The van der Waals surface area contributed by atoms with E-state index in [-0.39, 0.29) is 23.5 Å². The molecule has 2 aromatic carbocycles. The minimum Gasteiger partial charge on any atom is -0.485 e. The molecule has 0 saturated carbocycles. The second-order valence-electron chi connectivity index (χ2n) is 7.85. The Bertz CT molecular complexity index is 1270. The van der Waals surface area contributed by atoms with E-state index in [4.69, 9.17) is 14.2 Å². The van der Waals surface area contributed by atoms with Crippen molar-refractivity contribution in [3.05, 3.63) is 42.5 Å². The molecule has 0 aliphatic carbocycles. The summed E-state index contributed by atoms with van der Waals surface area (Å²) >= 11 is 1.27. The third kappa shape index (κ3) is 4.17. The fraction of sp³-hybridized carbons (Fsp3) is 0.364. The van der Waals surface area contributed by atoms with E-state index in [9.17, 15) is 13.2 Å². The predicted molar refractivity (Wildman–Crippen MR) is 120 cm³/mol. The van der Waals surface area contributed by atoms with E-state index in [2.05, 4.69) is 4.98 Å². The number of thiazole rings is 1. The van der Waals surface area contributed by atoms with E-state index < -0.39 is 15.9 Å². The number of anilines is 1. The third-order valence-electron chi connectivity index (χ3n) is 5.47. The molecule has 10 heteroatoms. The van der Waals surface area contributed by atoms with Crippen LogP contribution >= 0.6 is 11.3 Å². The second-order valence-corrected chi connectivity index (χ2v) is 10.9. The molecule has 1 fully saturated rings. The molecule has 8 nitrogen and oxygen atoms in total. The van der Waals surface area contributed by atoms with Crippen LogP contribution in [-0.2, 0) is 19.4 Å². The molecule has 2 unspecified atom stereocenters. The Kier molecular flexibility index (Phi) is 5.52. The number of carbonyl (C=O) groups is 1. The molecular weight excluding hydrogens is 452 g/mol. The van der Waals surface area contributed by atoms with Crippen molar-refractivity contribution in [3.63, 3.8) is 0 Å². The number of ether oxygens (including phenoxy) is 3. The fourth-order valence-corrected chi connectivity index (χ4v) is 5.55. The Morgan fingerprint density at radius 1 is 1.22 bits per heavy atom. The van der Waals surface area contributed by atoms with Gasteiger partial charge in [0.2, 0.25) is 6.10 Å². The molecule has 3 aromatic rings. The highest BCUT2D eigenvalue weighted by Crippen LogP contribution is 2.34. The van der Waals surface area contributed by atoms with Crippen molar-refractivity contribution < 1.29 is 27.4 Å². The standard InChI is InChI=1S/C22H22N2O6S2/c1-32(26,27)15-8-9-16-20(11-15)31-22(23-16)24(12-14-5-4-10-28-14)21(25)19-13-29-17-6-2-3-7-18(17)30-19/h2-3,6-9,11,14,19H,4-5,10,12-13H2,1H3. The molecule has 0 spiro atoms. The highest BCUT2D eigenvalue weighted by atomic mass is 32.2. The van der Waals surface area contributed by atoms with Crippen molar-refractivity contribution in [2.24, 2.45) is 0 Å². The van der Waals surface area contributed by atoms with Gasteiger partial charge in [-0.25, -0.2) is 13.4 Å². The molecule has 2 aliphatic heterocycles. The van der Waals surface area contributed by atoms with Crippen LogP contribution in [0.2, 0.25) is 0 Å². The topological polar surface area (TPSA) is 95.0 Å². The van der Waals surface area contributed by atoms with Gasteiger partial charge in [0, 0.05) is 12.9 Å². The van der Waals surface area contributed by atoms with Gasteiger partial charge in [0.25, 0.3) is 5.91 Å². The third-order valence-corrected chi connectivity index (χ3v) is 7.62. The maximum Gasteiger partial charge on any atom is 0.273 e. The average Bonchev–Trinajstić information content (AvgIpc) is 3.45. The summed E-state index contributed by atoms with van der Waals surface area (Å²) in [5.41, 5.74) is 0.633. The molecule has 32 heavy (non-hydrogen) atoms. The first-order valence-electron chi connectivity index (χ1n) is 10.3. The van der Waals surface area contributed by atoms with Crippen LogP contribution in [0.15, 0.2) is 47.4 Å². The number of hydrogen-bond acceptors (Lipinski definition) is 8. The highest BCUT2D eigenvalue weighted by Gasteiger charge is 2.35. The molecule has 0 bridgehead atoms. The zero-order chi connectivity index (χ0) is 22.3. The average molecular weight is 475 g/mol. The number of nitrogens with zero attached hydrogens (tertiary/aromatic N) is 2. The van der Waals surface area contributed by atoms with Crippen LogP contribution in [-0.4, -0.2) is 57.5 Å². The summed E-state index contributed by atoms with van der Waals surface area (Å²) in [4.78, 5) is 20.0. The summed E-state index contributed by atoms with van der Waals surface area (Å²) in [6.45, 7) is 1.11. The van der Waals surface area contributed by atoms with Crippen LogP contribution in [0.5, 0.6) is 11.5 Å². The van der Waals surface area contributed by atoms with E-state index in [1.165, 1.54) is 23.7 Å². The zero-order valence-corrected chi connectivity index (χ0v) is 19.0. The minimum atomic E-state index is -3.34. The molecule has 2 aliphatic rings. The maximum absolute atomic E-state index is 13.5. The molecule has 0 N–H and O–H groups in total. The van der Waals surface area contributed by atoms with Crippen LogP contribution < -0.4 is 14.4 Å². The zero-order valence-electron chi connectivity index (χ0n) is 17.4. The van der Waals surface area contributed by atoms with Gasteiger partial charge in [0.15, 0.2) is 26.5 Å². The van der Waals surface area contributed by atoms with Crippen LogP contribution in [0.1, 0.15) is 12.8 Å². The van der Waals surface area contributed by atoms with Crippen molar-refractivity contribution in [1.82, 2.24) is 4.98 Å². The van der Waals surface area contributed by atoms with Crippen molar-refractivity contribution >= 4 is 42.4 Å². The van der Waals surface area contributed by atoms with E-state index in [1.54, 1.807) is 29.2 Å². The van der Waals surface area contributed by atoms with E-state index in [0.29, 0.717) is 40.0 Å². The number of sulfone groups is 1. The largest absolute Gasteiger partial charge is 0.485 e. The molecule has 5 rings (SSSR count). The SMILES string of the molecule is CS(=O)(=O)c1ccc2nc(N(CC3CCCO3)C(=O)C3COc4ccccc4O3)sc2c1. The fourth-order valence-electron chi connectivity index (χ4n) is 3.81. The van der Waals surface area contributed by atoms with E-state index in [0.717, 1.165) is 12.8 Å². The lowest BCUT2D eigenvalue weighted by Crippen LogP contribution is -2.48. The van der Waals surface area contributed by atoms with Gasteiger partial charge >= 0.3 is 0 Å². The van der Waals surface area contributed by atoms with E-state index in [1.807, 2.05) is 12.1 Å². The number of fused-ring (bicyclic) bond motifs is 2. The van der Waals surface area contributed by atoms with Crippen molar-refractivity contribution in [1.29, 1.82) is 0 Å². The summed E-state index contributed by atoms with van der Waals surface area (Å²) in [5.74, 6) is 0.865. The highest BCUT2D eigenvalue weighted by molar-refractivity contribution is 7.90. The molecule has 3 heterocycles. The molecular formula is C22H22N2O6S2. The van der Waals surface area contributed by atoms with Crippen molar-refractivity contribution in [3.8, 4) is 11.5 Å². The van der Waals surface area contributed by atoms with Gasteiger partial charge in [-0.2, -0.15) is 0 Å². The first kappa shape index (κ1) is 21.2. The van der Waals surface area contributed by atoms with Gasteiger partial charge in [0.05, 0.1) is 27.8 Å². The molecule has 1 aromatic heterocycles. The Morgan fingerprint density at radius 2 is 2.03 bits per heavy atom. The summed E-state index contributed by atoms with van der Waals surface area (Å²) in [6.07, 6.45) is 2.07. The number of aromatic nitrogens is 1. The molecule has 168 valence electrons. The summed E-state index contributed by atoms with van der Waals surface area (Å²) < 4.78 is 42.0. The monoisotopic (exact) mass is 474 g/mol. The van der Waals surface area contributed by atoms with Crippen molar-refractivity contribution in [2.45, 2.75) is 29.9 Å². The number of hydrogen-bond donors (Lipinski definition) is 0. The lowest BCUT2D eigenvalue weighted by atomic mass is 10.2. The normalized spacial score (nSPS) is 20.4. The van der Waals surface area contributed by atoms with Gasteiger partial charge in [-0.05, 0) is 43.2 Å². The molecule has 1 saturated heterocycles. The number of amides is 1. The summed E-state index contributed by atoms with van der Waals surface area (Å²) in [6, 6.07) is 12.0. The second kappa shape index (κ2) is 8.34. The van der Waals surface area contributed by atoms with Crippen LogP contribution in [0, 0.1) is 0 Å².